The molecule has 104 valence electrons. The molecule has 1 aromatic carbocycles. The molecular weight excluding hydrogens is 248 g/mol. The molecule has 0 radical (unpaired) electrons. The van der Waals surface area contributed by atoms with Gasteiger partial charge < -0.3 is 9.52 Å². The average Bonchev–Trinajstić information content (AvgIpc) is 2.99. The minimum absolute atomic E-state index is 0.495. The Bertz CT molecular complexity index is 556. The van der Waals surface area contributed by atoms with E-state index < -0.39 is 5.60 Å². The third kappa shape index (κ3) is 4.29. The highest BCUT2D eigenvalue weighted by molar-refractivity contribution is 5.22. The van der Waals surface area contributed by atoms with Crippen LogP contribution in [-0.2, 0) is 12.0 Å². The van der Waals surface area contributed by atoms with E-state index in [0.717, 1.165) is 25.7 Å². The first kappa shape index (κ1) is 14.4. The normalized spacial score (nSPS) is 13.3. The fourth-order valence-corrected chi connectivity index (χ4v) is 2.04. The van der Waals surface area contributed by atoms with Crippen LogP contribution in [-0.4, -0.2) is 5.11 Å². The van der Waals surface area contributed by atoms with Crippen LogP contribution in [0.5, 0.6) is 0 Å². The van der Waals surface area contributed by atoms with Crippen molar-refractivity contribution < 1.29 is 9.52 Å². The summed E-state index contributed by atoms with van der Waals surface area (Å²) in [6, 6.07) is 14.0. The molecule has 0 aliphatic carbocycles. The number of unbranched alkanes of at least 4 members (excludes halogenated alkanes) is 2. The number of benzene rings is 1. The van der Waals surface area contributed by atoms with E-state index in [4.69, 9.17) is 4.42 Å². The van der Waals surface area contributed by atoms with E-state index in [1.165, 1.54) is 5.56 Å². The summed E-state index contributed by atoms with van der Waals surface area (Å²) in [6.07, 6.45) is 5.57. The molecule has 1 aromatic heterocycles. The lowest BCUT2D eigenvalue weighted by Crippen LogP contribution is -2.17. The highest BCUT2D eigenvalue weighted by Gasteiger charge is 2.22. The zero-order chi connectivity index (χ0) is 14.3. The average molecular weight is 268 g/mol. The van der Waals surface area contributed by atoms with E-state index in [-0.39, 0.29) is 0 Å². The monoisotopic (exact) mass is 268 g/mol. The van der Waals surface area contributed by atoms with Crippen molar-refractivity contribution in [2.75, 3.05) is 0 Å². The zero-order valence-electron chi connectivity index (χ0n) is 11.8. The molecule has 0 bridgehead atoms. The molecule has 2 aromatic rings. The van der Waals surface area contributed by atoms with E-state index in [0.29, 0.717) is 5.76 Å². The van der Waals surface area contributed by atoms with Gasteiger partial charge in [0.15, 0.2) is 5.60 Å². The minimum Gasteiger partial charge on any atom is -0.465 e. The number of hydrogen-bond donors (Lipinski definition) is 1. The quantitative estimate of drug-likeness (QED) is 0.659. The molecule has 0 spiro atoms. The van der Waals surface area contributed by atoms with E-state index in [1.54, 1.807) is 25.3 Å². The van der Waals surface area contributed by atoms with Crippen LogP contribution in [0.2, 0.25) is 0 Å². The second kappa shape index (κ2) is 6.98. The maximum atomic E-state index is 10.1. The lowest BCUT2D eigenvalue weighted by atomic mass is 10.0. The van der Waals surface area contributed by atoms with Crippen LogP contribution in [0, 0.1) is 11.8 Å². The Balaban J connectivity index is 1.73. The first-order valence-corrected chi connectivity index (χ1v) is 6.99. The van der Waals surface area contributed by atoms with Crippen LogP contribution in [0.25, 0.3) is 0 Å². The standard InChI is InChI=1S/C18H20O2/c1-18(19,17-13-9-15-20-17)14-8-3-2-5-10-16-11-6-4-7-12-16/h4,6-7,9,11-13,15,19H,2-3,5,10H2,1H3. The molecule has 1 unspecified atom stereocenters. The van der Waals surface area contributed by atoms with Crippen LogP contribution in [0.15, 0.2) is 53.1 Å². The Hall–Kier alpha value is -1.98. The molecule has 2 rings (SSSR count). The van der Waals surface area contributed by atoms with Crippen molar-refractivity contribution in [1.82, 2.24) is 0 Å². The molecule has 0 aliphatic heterocycles. The van der Waals surface area contributed by atoms with Gasteiger partial charge in [-0.3, -0.25) is 0 Å². The van der Waals surface area contributed by atoms with Crippen molar-refractivity contribution in [3.05, 3.63) is 60.1 Å². The highest BCUT2D eigenvalue weighted by Crippen LogP contribution is 2.19. The smallest absolute Gasteiger partial charge is 0.180 e. The molecule has 0 amide bonds. The van der Waals surface area contributed by atoms with Gasteiger partial charge in [0.1, 0.15) is 5.76 Å². The molecule has 1 atom stereocenters. The maximum absolute atomic E-state index is 10.1. The lowest BCUT2D eigenvalue weighted by Gasteiger charge is -2.12. The molecule has 0 saturated heterocycles. The Kier molecular flexibility index (Phi) is 5.03. The Morgan fingerprint density at radius 3 is 2.60 bits per heavy atom. The van der Waals surface area contributed by atoms with E-state index in [2.05, 4.69) is 36.1 Å². The van der Waals surface area contributed by atoms with Crippen LogP contribution in [0.3, 0.4) is 0 Å². The van der Waals surface area contributed by atoms with Gasteiger partial charge >= 0.3 is 0 Å². The summed E-state index contributed by atoms with van der Waals surface area (Å²) in [6.45, 7) is 1.66. The molecule has 20 heavy (non-hydrogen) atoms. The SMILES string of the molecule is CC(O)(C#CCCCCc1ccccc1)c1ccco1. The van der Waals surface area contributed by atoms with E-state index >= 15 is 0 Å². The van der Waals surface area contributed by atoms with E-state index in [1.807, 2.05) is 6.07 Å². The van der Waals surface area contributed by atoms with Crippen LogP contribution >= 0.6 is 0 Å². The van der Waals surface area contributed by atoms with Gasteiger partial charge in [-0.1, -0.05) is 42.2 Å². The Labute approximate surface area is 120 Å². The summed E-state index contributed by atoms with van der Waals surface area (Å²) in [7, 11) is 0. The fourth-order valence-electron chi connectivity index (χ4n) is 2.04. The van der Waals surface area contributed by atoms with Crippen LogP contribution in [0.4, 0.5) is 0 Å². The summed E-state index contributed by atoms with van der Waals surface area (Å²) in [5, 5.41) is 10.1. The molecular formula is C18H20O2. The fraction of sp³-hybridized carbons (Fsp3) is 0.333. The van der Waals surface area contributed by atoms with Crippen molar-refractivity contribution in [2.24, 2.45) is 0 Å². The number of furan rings is 1. The Morgan fingerprint density at radius 2 is 1.90 bits per heavy atom. The largest absolute Gasteiger partial charge is 0.465 e. The lowest BCUT2D eigenvalue weighted by molar-refractivity contribution is 0.0953. The molecule has 0 saturated carbocycles. The first-order valence-electron chi connectivity index (χ1n) is 6.99. The minimum atomic E-state index is -1.19. The highest BCUT2D eigenvalue weighted by atomic mass is 16.4. The second-order valence-corrected chi connectivity index (χ2v) is 5.04. The van der Waals surface area contributed by atoms with Gasteiger partial charge in [-0.05, 0) is 43.9 Å². The molecule has 2 nitrogen and oxygen atoms in total. The molecule has 1 heterocycles. The predicted octanol–water partition coefficient (Wildman–Crippen LogP) is 3.90. The van der Waals surface area contributed by atoms with Crippen molar-refractivity contribution in [3.63, 3.8) is 0 Å². The topological polar surface area (TPSA) is 33.4 Å². The first-order chi connectivity index (χ1) is 9.68. The predicted molar refractivity (Wildman–Crippen MR) is 80.1 cm³/mol. The zero-order valence-corrected chi connectivity index (χ0v) is 11.8. The molecule has 0 aliphatic rings. The van der Waals surface area contributed by atoms with Gasteiger partial charge in [0, 0.05) is 6.42 Å². The summed E-state index contributed by atoms with van der Waals surface area (Å²) < 4.78 is 5.18. The van der Waals surface area contributed by atoms with Gasteiger partial charge in [0.05, 0.1) is 6.26 Å². The van der Waals surface area contributed by atoms with Crippen molar-refractivity contribution in [1.29, 1.82) is 0 Å². The summed E-state index contributed by atoms with van der Waals surface area (Å²) in [5.41, 5.74) is 0.172. The summed E-state index contributed by atoms with van der Waals surface area (Å²) in [4.78, 5) is 0. The van der Waals surface area contributed by atoms with Gasteiger partial charge in [-0.25, -0.2) is 0 Å². The van der Waals surface area contributed by atoms with Gasteiger partial charge in [0.25, 0.3) is 0 Å². The van der Waals surface area contributed by atoms with Crippen LogP contribution in [0.1, 0.15) is 37.5 Å². The summed E-state index contributed by atoms with van der Waals surface area (Å²) in [5.74, 6) is 6.41. The number of aryl methyl sites for hydroxylation is 1. The third-order valence-electron chi connectivity index (χ3n) is 3.19. The van der Waals surface area contributed by atoms with Gasteiger partial charge in [-0.2, -0.15) is 0 Å². The summed E-state index contributed by atoms with van der Waals surface area (Å²) >= 11 is 0. The van der Waals surface area contributed by atoms with Crippen molar-refractivity contribution in [3.8, 4) is 11.8 Å². The van der Waals surface area contributed by atoms with Gasteiger partial charge in [-0.15, -0.1) is 0 Å². The molecule has 1 N–H and O–H groups in total. The second-order valence-electron chi connectivity index (χ2n) is 5.04. The van der Waals surface area contributed by atoms with E-state index in [9.17, 15) is 5.11 Å². The van der Waals surface area contributed by atoms with Crippen LogP contribution < -0.4 is 0 Å². The van der Waals surface area contributed by atoms with Gasteiger partial charge in [0.2, 0.25) is 0 Å². The Morgan fingerprint density at radius 1 is 1.10 bits per heavy atom. The number of aliphatic hydroxyl groups is 1. The van der Waals surface area contributed by atoms with Crippen molar-refractivity contribution in [2.45, 2.75) is 38.2 Å². The maximum Gasteiger partial charge on any atom is 0.180 e. The molecule has 0 fully saturated rings. The third-order valence-corrected chi connectivity index (χ3v) is 3.19. The molecule has 2 heteroatoms. The van der Waals surface area contributed by atoms with Crippen molar-refractivity contribution >= 4 is 0 Å². The number of hydrogen-bond acceptors (Lipinski definition) is 2. The number of rotatable bonds is 5.